The van der Waals surface area contributed by atoms with Crippen LogP contribution in [0.4, 0.5) is 0 Å². The van der Waals surface area contributed by atoms with Crippen molar-refractivity contribution >= 4 is 39.5 Å². The average Bonchev–Trinajstić information content (AvgIpc) is 2.17. The van der Waals surface area contributed by atoms with Gasteiger partial charge in [-0.25, -0.2) is 9.13 Å². The fourth-order valence-electron chi connectivity index (χ4n) is 11.8. The number of hydrogen-bond donors (Lipinski definition) is 3. The third-order valence-electron chi connectivity index (χ3n) is 18.8. The van der Waals surface area contributed by atoms with Gasteiger partial charge in [-0.2, -0.15) is 0 Å². The van der Waals surface area contributed by atoms with E-state index in [1.807, 2.05) is 0 Å². The van der Waals surface area contributed by atoms with E-state index >= 15 is 0 Å². The summed E-state index contributed by atoms with van der Waals surface area (Å²) < 4.78 is 68.6. The quantitative estimate of drug-likeness (QED) is 0.0222. The minimum atomic E-state index is -4.96. The molecule has 576 valence electrons. The molecule has 0 saturated carbocycles. The molecule has 0 aliphatic heterocycles. The Morgan fingerprint density at radius 3 is 0.732 bits per heavy atom. The molecule has 0 radical (unpaired) electrons. The van der Waals surface area contributed by atoms with Gasteiger partial charge in [0.1, 0.15) is 19.3 Å². The number of phosphoric ester groups is 2. The Morgan fingerprint density at radius 1 is 0.289 bits per heavy atom. The van der Waals surface area contributed by atoms with E-state index in [-0.39, 0.29) is 25.7 Å². The first-order valence-corrected chi connectivity index (χ1v) is 43.3. The maximum Gasteiger partial charge on any atom is 0.472 e. The van der Waals surface area contributed by atoms with Crippen LogP contribution in [0.2, 0.25) is 0 Å². The van der Waals surface area contributed by atoms with Gasteiger partial charge >= 0.3 is 39.5 Å². The summed E-state index contributed by atoms with van der Waals surface area (Å²) in [4.78, 5) is 72.9. The molecule has 0 saturated heterocycles. The minimum Gasteiger partial charge on any atom is -0.462 e. The lowest BCUT2D eigenvalue weighted by Crippen LogP contribution is -2.30. The smallest absolute Gasteiger partial charge is 0.462 e. The third-order valence-corrected chi connectivity index (χ3v) is 20.7. The Balaban J connectivity index is 5.25. The summed E-state index contributed by atoms with van der Waals surface area (Å²) in [7, 11) is -9.92. The molecule has 0 amide bonds. The first kappa shape index (κ1) is 95.1. The normalized spacial score (nSPS) is 14.6. The van der Waals surface area contributed by atoms with E-state index in [0.717, 1.165) is 114 Å². The van der Waals surface area contributed by atoms with Gasteiger partial charge in [0.05, 0.1) is 26.4 Å². The van der Waals surface area contributed by atoms with Crippen LogP contribution in [0.1, 0.15) is 396 Å². The van der Waals surface area contributed by atoms with Crippen LogP contribution in [0.5, 0.6) is 0 Å². The van der Waals surface area contributed by atoms with Crippen molar-refractivity contribution in [1.29, 1.82) is 0 Å². The minimum absolute atomic E-state index is 0.104. The molecule has 0 aromatic carbocycles. The highest BCUT2D eigenvalue weighted by Crippen LogP contribution is 2.45. The number of carbonyl (C=O) groups is 4. The number of aliphatic hydroxyl groups excluding tert-OH is 1. The summed E-state index contributed by atoms with van der Waals surface area (Å²) in [6.07, 6.45) is 52.7. The molecule has 0 aliphatic carbocycles. The van der Waals surface area contributed by atoms with E-state index in [1.54, 1.807) is 0 Å². The van der Waals surface area contributed by atoms with Crippen LogP contribution >= 0.6 is 15.6 Å². The SMILES string of the molecule is CCC(C)CCCCCCCCCCCCCCCCC(=O)O[C@H](COC(=O)CCCCCCCCCCCCCCCCC(C)C)COP(=O)(O)OCC(O)COP(=O)(O)OC[C@@H](COC(=O)CCCCCCCCCC(C)C)OC(=O)CCCCCCCCCCC(C)CC. The van der Waals surface area contributed by atoms with Gasteiger partial charge in [-0.05, 0) is 49.4 Å². The standard InChI is InChI=1S/C78H152O17P2/c1-9-70(7)56-48-40-32-24-20-16-12-14-18-22-26-35-44-52-60-77(82)94-73(64-88-75(80)58-50-42-34-25-21-17-13-11-15-19-23-30-38-46-54-68(3)4)66-92-96(84,85)90-62-72(79)63-91-97(86,87)93-67-74(65-89-76(81)59-51-43-37-29-31-39-47-55-69(5)6)95-78(83)61-53-45-36-28-27-33-41-49-57-71(8)10-2/h68-74,79H,9-67H2,1-8H3,(H,84,85)(H,86,87)/t70?,71?,72?,73-,74-/m1/s1. The molecule has 3 N–H and O–H groups in total. The van der Waals surface area contributed by atoms with Crippen LogP contribution in [0.15, 0.2) is 0 Å². The monoisotopic (exact) mass is 1420 g/mol. The number of ether oxygens (including phenoxy) is 4. The molecule has 0 bridgehead atoms. The molecule has 0 fully saturated rings. The number of rotatable bonds is 75. The van der Waals surface area contributed by atoms with Crippen LogP contribution in [0.25, 0.3) is 0 Å². The molecule has 17 nitrogen and oxygen atoms in total. The topological polar surface area (TPSA) is 237 Å². The molecule has 0 spiro atoms. The lowest BCUT2D eigenvalue weighted by Gasteiger charge is -2.21. The molecule has 0 aromatic rings. The van der Waals surface area contributed by atoms with Crippen LogP contribution in [0.3, 0.4) is 0 Å². The van der Waals surface area contributed by atoms with Gasteiger partial charge in [-0.3, -0.25) is 37.3 Å². The fourth-order valence-corrected chi connectivity index (χ4v) is 13.4. The second-order valence-electron chi connectivity index (χ2n) is 29.5. The summed E-state index contributed by atoms with van der Waals surface area (Å²) in [6, 6.07) is 0. The second kappa shape index (κ2) is 67.2. The Morgan fingerprint density at radius 2 is 0.495 bits per heavy atom. The van der Waals surface area contributed by atoms with Crippen molar-refractivity contribution in [1.82, 2.24) is 0 Å². The molecular weight excluding hydrogens is 1270 g/mol. The summed E-state index contributed by atoms with van der Waals surface area (Å²) in [5.74, 6) is 1.000. The largest absolute Gasteiger partial charge is 0.472 e. The van der Waals surface area contributed by atoms with Gasteiger partial charge in [0.15, 0.2) is 12.2 Å². The Labute approximate surface area is 594 Å². The third kappa shape index (κ3) is 69.5. The van der Waals surface area contributed by atoms with Crippen molar-refractivity contribution < 1.29 is 80.2 Å². The van der Waals surface area contributed by atoms with Crippen molar-refractivity contribution in [2.45, 2.75) is 414 Å². The second-order valence-corrected chi connectivity index (χ2v) is 32.4. The van der Waals surface area contributed by atoms with E-state index in [9.17, 15) is 43.2 Å². The van der Waals surface area contributed by atoms with E-state index in [4.69, 9.17) is 37.0 Å². The number of carbonyl (C=O) groups excluding carboxylic acids is 4. The first-order valence-electron chi connectivity index (χ1n) is 40.3. The summed E-state index contributed by atoms with van der Waals surface area (Å²) in [6.45, 7) is 14.2. The number of aliphatic hydroxyl groups is 1. The zero-order valence-electron chi connectivity index (χ0n) is 63.7. The fraction of sp³-hybridized carbons (Fsp3) is 0.949. The molecule has 19 heteroatoms. The molecule has 0 aromatic heterocycles. The highest BCUT2D eigenvalue weighted by molar-refractivity contribution is 7.47. The summed E-state index contributed by atoms with van der Waals surface area (Å²) >= 11 is 0. The van der Waals surface area contributed by atoms with Gasteiger partial charge in [0.2, 0.25) is 0 Å². The first-order chi connectivity index (χ1) is 46.7. The maximum atomic E-state index is 13.1. The summed E-state index contributed by atoms with van der Waals surface area (Å²) in [5, 5.41) is 10.6. The van der Waals surface area contributed by atoms with Crippen molar-refractivity contribution in [3.05, 3.63) is 0 Å². The van der Waals surface area contributed by atoms with Crippen LogP contribution in [-0.2, 0) is 65.4 Å². The van der Waals surface area contributed by atoms with Gasteiger partial charge in [-0.15, -0.1) is 0 Å². The van der Waals surface area contributed by atoms with Gasteiger partial charge in [0.25, 0.3) is 0 Å². The molecule has 0 aliphatic rings. The number of hydrogen-bond acceptors (Lipinski definition) is 15. The Bertz CT molecular complexity index is 1910. The van der Waals surface area contributed by atoms with Crippen molar-refractivity contribution in [2.75, 3.05) is 39.6 Å². The number of esters is 4. The zero-order valence-corrected chi connectivity index (χ0v) is 65.5. The molecular formula is C78H152O17P2. The highest BCUT2D eigenvalue weighted by Gasteiger charge is 2.30. The zero-order chi connectivity index (χ0) is 71.7. The van der Waals surface area contributed by atoms with Gasteiger partial charge in [0, 0.05) is 25.7 Å². The van der Waals surface area contributed by atoms with Crippen LogP contribution < -0.4 is 0 Å². The Kier molecular flexibility index (Phi) is 65.9. The van der Waals surface area contributed by atoms with E-state index in [0.29, 0.717) is 31.6 Å². The molecule has 5 unspecified atom stereocenters. The maximum absolute atomic E-state index is 13.1. The lowest BCUT2D eigenvalue weighted by molar-refractivity contribution is -0.161. The van der Waals surface area contributed by atoms with Crippen LogP contribution in [0, 0.1) is 23.7 Å². The average molecular weight is 1420 g/mol. The molecule has 97 heavy (non-hydrogen) atoms. The Hall–Kier alpha value is -1.94. The van der Waals surface area contributed by atoms with Gasteiger partial charge in [-0.1, -0.05) is 344 Å². The number of unbranched alkanes of at least 4 members (excludes halogenated alkanes) is 39. The highest BCUT2D eigenvalue weighted by atomic mass is 31.2. The van der Waals surface area contributed by atoms with Crippen LogP contribution in [-0.4, -0.2) is 96.7 Å². The molecule has 0 heterocycles. The van der Waals surface area contributed by atoms with E-state index in [1.165, 1.54) is 193 Å². The summed E-state index contributed by atoms with van der Waals surface area (Å²) in [5.41, 5.74) is 0. The van der Waals surface area contributed by atoms with Crippen molar-refractivity contribution in [3.63, 3.8) is 0 Å². The van der Waals surface area contributed by atoms with E-state index < -0.39 is 97.5 Å². The van der Waals surface area contributed by atoms with Gasteiger partial charge < -0.3 is 33.8 Å². The predicted octanol–water partition coefficient (Wildman–Crippen LogP) is 22.8. The van der Waals surface area contributed by atoms with Crippen molar-refractivity contribution in [2.24, 2.45) is 23.7 Å². The predicted molar refractivity (Wildman–Crippen MR) is 395 cm³/mol. The van der Waals surface area contributed by atoms with Crippen molar-refractivity contribution in [3.8, 4) is 0 Å². The molecule has 0 rings (SSSR count). The lowest BCUT2D eigenvalue weighted by atomic mass is 9.99. The number of phosphoric acid groups is 2. The van der Waals surface area contributed by atoms with E-state index in [2.05, 4.69) is 55.4 Å². The molecule has 7 atom stereocenters.